The average molecular weight is 295 g/mol. The van der Waals surface area contributed by atoms with Gasteiger partial charge in [0.05, 0.1) is 12.1 Å². The molecule has 0 aliphatic heterocycles. The lowest BCUT2D eigenvalue weighted by Crippen LogP contribution is -2.45. The normalized spacial score (nSPS) is 28.9. The van der Waals surface area contributed by atoms with Crippen molar-refractivity contribution in [2.24, 2.45) is 16.8 Å². The van der Waals surface area contributed by atoms with Crippen LogP contribution in [0.5, 0.6) is 0 Å². The standard InChI is InChI=1S/C17H33N3O/c1-4-18-16(19-13-17(21)10-5-11-17)20(3)12-15-8-6-14(2)7-9-15/h14-15,21H,4-13H2,1-3H3,(H,18,19). The fourth-order valence-electron chi connectivity index (χ4n) is 3.42. The molecule has 2 rings (SSSR count). The van der Waals surface area contributed by atoms with Crippen molar-refractivity contribution in [1.29, 1.82) is 0 Å². The zero-order valence-corrected chi connectivity index (χ0v) is 14.1. The smallest absolute Gasteiger partial charge is 0.193 e. The number of nitrogens with one attached hydrogen (secondary N) is 1. The lowest BCUT2D eigenvalue weighted by Gasteiger charge is -2.36. The van der Waals surface area contributed by atoms with E-state index in [0.717, 1.165) is 50.1 Å². The van der Waals surface area contributed by atoms with Gasteiger partial charge < -0.3 is 15.3 Å². The third-order valence-corrected chi connectivity index (χ3v) is 5.17. The molecule has 2 aliphatic carbocycles. The molecule has 0 atom stereocenters. The van der Waals surface area contributed by atoms with Crippen molar-refractivity contribution in [3.63, 3.8) is 0 Å². The predicted molar refractivity (Wildman–Crippen MR) is 88.5 cm³/mol. The number of aliphatic imine (C=N–C) groups is 1. The van der Waals surface area contributed by atoms with Gasteiger partial charge in [-0.05, 0) is 50.9 Å². The highest BCUT2D eigenvalue weighted by Crippen LogP contribution is 2.32. The highest BCUT2D eigenvalue weighted by molar-refractivity contribution is 5.79. The Morgan fingerprint density at radius 3 is 2.48 bits per heavy atom. The first-order valence-corrected chi connectivity index (χ1v) is 8.74. The van der Waals surface area contributed by atoms with Crippen LogP contribution in [0.15, 0.2) is 4.99 Å². The van der Waals surface area contributed by atoms with Crippen LogP contribution in [0.3, 0.4) is 0 Å². The Labute approximate surface area is 130 Å². The molecule has 0 aromatic carbocycles. The zero-order chi connectivity index (χ0) is 15.3. The zero-order valence-electron chi connectivity index (χ0n) is 14.1. The Bertz CT molecular complexity index is 344. The Hall–Kier alpha value is -0.770. The molecule has 21 heavy (non-hydrogen) atoms. The fraction of sp³-hybridized carbons (Fsp3) is 0.941. The highest BCUT2D eigenvalue weighted by Gasteiger charge is 2.34. The van der Waals surface area contributed by atoms with Gasteiger partial charge in [0.15, 0.2) is 5.96 Å². The van der Waals surface area contributed by atoms with Crippen LogP contribution in [0.25, 0.3) is 0 Å². The van der Waals surface area contributed by atoms with Crippen molar-refractivity contribution >= 4 is 5.96 Å². The summed E-state index contributed by atoms with van der Waals surface area (Å²) in [5.41, 5.74) is -0.526. The number of aliphatic hydroxyl groups is 1. The second kappa shape index (κ2) is 7.48. The van der Waals surface area contributed by atoms with Crippen LogP contribution in [0.2, 0.25) is 0 Å². The molecule has 2 N–H and O–H groups in total. The molecule has 0 saturated heterocycles. The Morgan fingerprint density at radius 1 is 1.29 bits per heavy atom. The van der Waals surface area contributed by atoms with Gasteiger partial charge in [0.25, 0.3) is 0 Å². The first kappa shape index (κ1) is 16.6. The topological polar surface area (TPSA) is 47.9 Å². The molecule has 0 heterocycles. The summed E-state index contributed by atoms with van der Waals surface area (Å²) in [5, 5.41) is 13.6. The monoisotopic (exact) mass is 295 g/mol. The summed E-state index contributed by atoms with van der Waals surface area (Å²) in [6.45, 7) is 6.97. The van der Waals surface area contributed by atoms with Crippen LogP contribution >= 0.6 is 0 Å². The molecular weight excluding hydrogens is 262 g/mol. The van der Waals surface area contributed by atoms with E-state index in [1.54, 1.807) is 0 Å². The van der Waals surface area contributed by atoms with Gasteiger partial charge in [0.2, 0.25) is 0 Å². The van der Waals surface area contributed by atoms with Crippen LogP contribution < -0.4 is 5.32 Å². The van der Waals surface area contributed by atoms with Crippen molar-refractivity contribution in [2.45, 2.75) is 64.4 Å². The molecule has 4 nitrogen and oxygen atoms in total. The quantitative estimate of drug-likeness (QED) is 0.605. The Morgan fingerprint density at radius 2 is 1.95 bits per heavy atom. The minimum Gasteiger partial charge on any atom is -0.388 e. The second-order valence-electron chi connectivity index (χ2n) is 7.25. The van der Waals surface area contributed by atoms with Crippen molar-refractivity contribution in [1.82, 2.24) is 10.2 Å². The second-order valence-corrected chi connectivity index (χ2v) is 7.25. The molecule has 0 unspecified atom stereocenters. The van der Waals surface area contributed by atoms with Crippen LogP contribution in [-0.2, 0) is 0 Å². The highest BCUT2D eigenvalue weighted by atomic mass is 16.3. The molecule has 2 aliphatic rings. The minimum atomic E-state index is -0.526. The number of guanidine groups is 1. The summed E-state index contributed by atoms with van der Waals surface area (Å²) in [6.07, 6.45) is 8.36. The summed E-state index contributed by atoms with van der Waals surface area (Å²) in [6, 6.07) is 0. The summed E-state index contributed by atoms with van der Waals surface area (Å²) < 4.78 is 0. The number of hydrogen-bond donors (Lipinski definition) is 2. The van der Waals surface area contributed by atoms with Crippen LogP contribution in [0, 0.1) is 11.8 Å². The van der Waals surface area contributed by atoms with E-state index in [2.05, 4.69) is 36.1 Å². The third kappa shape index (κ3) is 4.87. The van der Waals surface area contributed by atoms with E-state index in [0.29, 0.717) is 6.54 Å². The first-order chi connectivity index (χ1) is 10.0. The SMILES string of the molecule is CCNC(=NCC1(O)CCC1)N(C)CC1CCC(C)CC1. The van der Waals surface area contributed by atoms with E-state index in [9.17, 15) is 5.11 Å². The third-order valence-electron chi connectivity index (χ3n) is 5.17. The lowest BCUT2D eigenvalue weighted by molar-refractivity contribution is -0.0237. The molecule has 2 fully saturated rings. The summed E-state index contributed by atoms with van der Waals surface area (Å²) >= 11 is 0. The van der Waals surface area contributed by atoms with Crippen molar-refractivity contribution in [2.75, 3.05) is 26.7 Å². The van der Waals surface area contributed by atoms with Gasteiger partial charge >= 0.3 is 0 Å². The van der Waals surface area contributed by atoms with Gasteiger partial charge in [-0.15, -0.1) is 0 Å². The molecule has 122 valence electrons. The van der Waals surface area contributed by atoms with Gasteiger partial charge in [-0.25, -0.2) is 0 Å². The molecule has 4 heteroatoms. The van der Waals surface area contributed by atoms with Crippen LogP contribution in [0.1, 0.15) is 58.8 Å². The van der Waals surface area contributed by atoms with Gasteiger partial charge in [-0.1, -0.05) is 19.8 Å². The summed E-state index contributed by atoms with van der Waals surface area (Å²) in [5.74, 6) is 2.65. The van der Waals surface area contributed by atoms with Gasteiger partial charge in [0.1, 0.15) is 0 Å². The average Bonchev–Trinajstić information content (AvgIpc) is 2.43. The molecular formula is C17H33N3O. The largest absolute Gasteiger partial charge is 0.388 e. The molecule has 0 aromatic rings. The van der Waals surface area contributed by atoms with Crippen LogP contribution in [-0.4, -0.2) is 48.2 Å². The summed E-state index contributed by atoms with van der Waals surface area (Å²) in [4.78, 5) is 6.93. The summed E-state index contributed by atoms with van der Waals surface area (Å²) in [7, 11) is 2.13. The Kier molecular flexibility index (Phi) is 5.91. The van der Waals surface area contributed by atoms with Crippen molar-refractivity contribution in [3.05, 3.63) is 0 Å². The van der Waals surface area contributed by atoms with E-state index in [4.69, 9.17) is 0 Å². The van der Waals surface area contributed by atoms with Gasteiger partial charge in [0, 0.05) is 20.1 Å². The number of hydrogen-bond acceptors (Lipinski definition) is 2. The van der Waals surface area contributed by atoms with E-state index in [-0.39, 0.29) is 0 Å². The fourth-order valence-corrected chi connectivity index (χ4v) is 3.42. The minimum absolute atomic E-state index is 0.526. The van der Waals surface area contributed by atoms with E-state index >= 15 is 0 Å². The Balaban J connectivity index is 1.85. The maximum absolute atomic E-state index is 10.2. The molecule has 0 radical (unpaired) electrons. The van der Waals surface area contributed by atoms with E-state index in [1.807, 2.05) is 0 Å². The molecule has 0 amide bonds. The van der Waals surface area contributed by atoms with E-state index < -0.39 is 5.60 Å². The molecule has 0 bridgehead atoms. The predicted octanol–water partition coefficient (Wildman–Crippen LogP) is 2.62. The van der Waals surface area contributed by atoms with Crippen molar-refractivity contribution in [3.8, 4) is 0 Å². The number of nitrogens with zero attached hydrogens (tertiary/aromatic N) is 2. The maximum Gasteiger partial charge on any atom is 0.193 e. The van der Waals surface area contributed by atoms with Crippen molar-refractivity contribution < 1.29 is 5.11 Å². The van der Waals surface area contributed by atoms with E-state index in [1.165, 1.54) is 25.7 Å². The van der Waals surface area contributed by atoms with Crippen LogP contribution in [0.4, 0.5) is 0 Å². The lowest BCUT2D eigenvalue weighted by atomic mass is 9.80. The molecule has 2 saturated carbocycles. The molecule has 0 aromatic heterocycles. The maximum atomic E-state index is 10.2. The molecule has 0 spiro atoms. The van der Waals surface area contributed by atoms with Gasteiger partial charge in [-0.3, -0.25) is 4.99 Å². The van der Waals surface area contributed by atoms with Gasteiger partial charge in [-0.2, -0.15) is 0 Å². The number of rotatable bonds is 5. The first-order valence-electron chi connectivity index (χ1n) is 8.74.